The lowest BCUT2D eigenvalue weighted by Crippen LogP contribution is -2.37. The molecule has 0 saturated carbocycles. The number of anilines is 1. The summed E-state index contributed by atoms with van der Waals surface area (Å²) < 4.78 is 0.877. The van der Waals surface area contributed by atoms with E-state index in [4.69, 9.17) is 5.73 Å². The highest BCUT2D eigenvalue weighted by Gasteiger charge is 2.17. The van der Waals surface area contributed by atoms with E-state index in [0.717, 1.165) is 29.5 Å². The van der Waals surface area contributed by atoms with Crippen molar-refractivity contribution in [3.05, 3.63) is 64.6 Å². The molecule has 0 heterocycles. The second-order valence-corrected chi connectivity index (χ2v) is 7.35. The van der Waals surface area contributed by atoms with E-state index in [2.05, 4.69) is 50.5 Å². The number of rotatable bonds is 10. The number of amides is 3. The van der Waals surface area contributed by atoms with Gasteiger partial charge in [-0.2, -0.15) is 0 Å². The fraction of sp³-hybridized carbons (Fsp3) is 0.333. The zero-order chi connectivity index (χ0) is 20.4. The fourth-order valence-corrected chi connectivity index (χ4v) is 3.43. The average Bonchev–Trinajstić information content (AvgIpc) is 2.68. The number of carbonyl (C=O) groups is 2. The van der Waals surface area contributed by atoms with Gasteiger partial charge in [-0.05, 0) is 43.2 Å². The Bertz CT molecular complexity index is 770. The van der Waals surface area contributed by atoms with Crippen LogP contribution in [0, 0.1) is 0 Å². The average molecular weight is 447 g/mol. The van der Waals surface area contributed by atoms with Gasteiger partial charge in [0, 0.05) is 29.8 Å². The van der Waals surface area contributed by atoms with Crippen molar-refractivity contribution >= 4 is 33.6 Å². The maximum absolute atomic E-state index is 12.3. The SMILES string of the molecule is CCN(CCCNC(=O)CC(NC(N)=O)c1cccc(Br)c1)c1ccccc1. The topological polar surface area (TPSA) is 87.5 Å². The zero-order valence-corrected chi connectivity index (χ0v) is 17.6. The van der Waals surface area contributed by atoms with Crippen LogP contribution in [-0.4, -0.2) is 31.6 Å². The summed E-state index contributed by atoms with van der Waals surface area (Å²) in [6.07, 6.45) is 0.967. The van der Waals surface area contributed by atoms with Crippen LogP contribution >= 0.6 is 15.9 Å². The van der Waals surface area contributed by atoms with Gasteiger partial charge in [0.15, 0.2) is 0 Å². The van der Waals surface area contributed by atoms with Crippen LogP contribution < -0.4 is 21.3 Å². The van der Waals surface area contributed by atoms with E-state index in [1.165, 1.54) is 5.69 Å². The number of benzene rings is 2. The van der Waals surface area contributed by atoms with Crippen molar-refractivity contribution in [3.63, 3.8) is 0 Å². The molecule has 3 amide bonds. The van der Waals surface area contributed by atoms with E-state index < -0.39 is 12.1 Å². The van der Waals surface area contributed by atoms with Crippen LogP contribution in [0.1, 0.15) is 31.4 Å². The molecular weight excluding hydrogens is 420 g/mol. The van der Waals surface area contributed by atoms with E-state index in [1.54, 1.807) is 0 Å². The summed E-state index contributed by atoms with van der Waals surface area (Å²) >= 11 is 3.40. The Kier molecular flexibility index (Phi) is 8.81. The molecule has 28 heavy (non-hydrogen) atoms. The molecule has 7 heteroatoms. The molecule has 2 aromatic rings. The predicted molar refractivity (Wildman–Crippen MR) is 116 cm³/mol. The van der Waals surface area contributed by atoms with Crippen molar-refractivity contribution in [1.82, 2.24) is 10.6 Å². The van der Waals surface area contributed by atoms with Crippen LogP contribution in [0.15, 0.2) is 59.1 Å². The van der Waals surface area contributed by atoms with Crippen molar-refractivity contribution in [1.29, 1.82) is 0 Å². The van der Waals surface area contributed by atoms with E-state index in [0.29, 0.717) is 6.54 Å². The quantitative estimate of drug-likeness (QED) is 0.487. The Balaban J connectivity index is 1.83. The molecule has 0 radical (unpaired) electrons. The molecule has 0 spiro atoms. The summed E-state index contributed by atoms with van der Waals surface area (Å²) in [6, 6.07) is 16.6. The molecule has 4 N–H and O–H groups in total. The summed E-state index contributed by atoms with van der Waals surface area (Å²) in [7, 11) is 0. The number of hydrogen-bond acceptors (Lipinski definition) is 3. The number of halogens is 1. The van der Waals surface area contributed by atoms with E-state index in [-0.39, 0.29) is 12.3 Å². The normalized spacial score (nSPS) is 11.5. The summed E-state index contributed by atoms with van der Waals surface area (Å²) in [4.78, 5) is 25.9. The molecule has 0 bridgehead atoms. The van der Waals surface area contributed by atoms with Gasteiger partial charge >= 0.3 is 6.03 Å². The molecule has 0 aliphatic heterocycles. The highest BCUT2D eigenvalue weighted by atomic mass is 79.9. The van der Waals surface area contributed by atoms with Crippen molar-refractivity contribution in [2.24, 2.45) is 5.73 Å². The Hall–Kier alpha value is -2.54. The molecule has 0 aliphatic rings. The maximum Gasteiger partial charge on any atom is 0.312 e. The first-order chi connectivity index (χ1) is 13.5. The molecular formula is C21H27BrN4O2. The van der Waals surface area contributed by atoms with Crippen LogP contribution in [-0.2, 0) is 4.79 Å². The minimum Gasteiger partial charge on any atom is -0.372 e. The number of urea groups is 1. The van der Waals surface area contributed by atoms with Gasteiger partial charge in [-0.15, -0.1) is 0 Å². The minimum absolute atomic E-state index is 0.124. The van der Waals surface area contributed by atoms with E-state index >= 15 is 0 Å². The minimum atomic E-state index is -0.653. The molecule has 2 rings (SSSR count). The Morgan fingerprint density at radius 2 is 1.89 bits per heavy atom. The molecule has 6 nitrogen and oxygen atoms in total. The molecule has 0 aromatic heterocycles. The highest BCUT2D eigenvalue weighted by Crippen LogP contribution is 2.21. The predicted octanol–water partition coefficient (Wildman–Crippen LogP) is 3.58. The third-order valence-corrected chi connectivity index (χ3v) is 4.88. The summed E-state index contributed by atoms with van der Waals surface area (Å²) in [6.45, 7) is 4.45. The van der Waals surface area contributed by atoms with Gasteiger partial charge in [0.25, 0.3) is 0 Å². The molecule has 0 aliphatic carbocycles. The molecule has 1 unspecified atom stereocenters. The second-order valence-electron chi connectivity index (χ2n) is 6.44. The van der Waals surface area contributed by atoms with Crippen molar-refractivity contribution in [3.8, 4) is 0 Å². The number of carbonyl (C=O) groups excluding carboxylic acids is 2. The first-order valence-corrected chi connectivity index (χ1v) is 10.2. The van der Waals surface area contributed by atoms with E-state index in [1.807, 2.05) is 42.5 Å². The van der Waals surface area contributed by atoms with Crippen LogP contribution in [0.3, 0.4) is 0 Å². The second kappa shape index (κ2) is 11.3. The van der Waals surface area contributed by atoms with Gasteiger partial charge in [-0.25, -0.2) is 4.79 Å². The van der Waals surface area contributed by atoms with Crippen LogP contribution in [0.4, 0.5) is 10.5 Å². The largest absolute Gasteiger partial charge is 0.372 e. The summed E-state index contributed by atoms with van der Waals surface area (Å²) in [5.74, 6) is -0.124. The van der Waals surface area contributed by atoms with Gasteiger partial charge in [0.1, 0.15) is 0 Å². The number of hydrogen-bond donors (Lipinski definition) is 3. The molecule has 150 valence electrons. The smallest absolute Gasteiger partial charge is 0.312 e. The lowest BCUT2D eigenvalue weighted by molar-refractivity contribution is -0.121. The number of para-hydroxylation sites is 1. The van der Waals surface area contributed by atoms with Gasteiger partial charge in [-0.3, -0.25) is 4.79 Å². The molecule has 1 atom stereocenters. The van der Waals surface area contributed by atoms with Gasteiger partial charge in [0.2, 0.25) is 5.91 Å². The van der Waals surface area contributed by atoms with Crippen LogP contribution in [0.5, 0.6) is 0 Å². The van der Waals surface area contributed by atoms with Crippen molar-refractivity contribution in [2.45, 2.75) is 25.8 Å². The Morgan fingerprint density at radius 3 is 2.54 bits per heavy atom. The first-order valence-electron chi connectivity index (χ1n) is 9.37. The molecule has 2 aromatic carbocycles. The number of primary amides is 1. The standard InChI is InChI=1S/C21H27BrN4O2/c1-2-26(18-10-4-3-5-11-18)13-7-12-24-20(27)15-19(25-21(23)28)16-8-6-9-17(22)14-16/h3-6,8-11,14,19H,2,7,12-13,15H2,1H3,(H,24,27)(H3,23,25,28). The molecule has 0 saturated heterocycles. The zero-order valence-electron chi connectivity index (χ0n) is 16.0. The van der Waals surface area contributed by atoms with Gasteiger partial charge in [-0.1, -0.05) is 46.3 Å². The highest BCUT2D eigenvalue weighted by molar-refractivity contribution is 9.10. The van der Waals surface area contributed by atoms with Crippen molar-refractivity contribution in [2.75, 3.05) is 24.5 Å². The Morgan fingerprint density at radius 1 is 1.14 bits per heavy atom. The summed E-state index contributed by atoms with van der Waals surface area (Å²) in [5, 5.41) is 5.57. The van der Waals surface area contributed by atoms with E-state index in [9.17, 15) is 9.59 Å². The fourth-order valence-electron chi connectivity index (χ4n) is 3.01. The summed E-state index contributed by atoms with van der Waals surface area (Å²) in [5.41, 5.74) is 7.27. The first kappa shape index (κ1) is 21.8. The van der Waals surface area contributed by atoms with Crippen LogP contribution in [0.2, 0.25) is 0 Å². The monoisotopic (exact) mass is 446 g/mol. The van der Waals surface area contributed by atoms with Crippen LogP contribution in [0.25, 0.3) is 0 Å². The lowest BCUT2D eigenvalue weighted by atomic mass is 10.0. The van der Waals surface area contributed by atoms with Crippen molar-refractivity contribution < 1.29 is 9.59 Å². The number of nitrogens with one attached hydrogen (secondary N) is 2. The lowest BCUT2D eigenvalue weighted by Gasteiger charge is -2.23. The maximum atomic E-state index is 12.3. The Labute approximate surface area is 174 Å². The number of nitrogens with two attached hydrogens (primary N) is 1. The number of nitrogens with zero attached hydrogens (tertiary/aromatic N) is 1. The molecule has 0 fully saturated rings. The third-order valence-electron chi connectivity index (χ3n) is 4.39. The van der Waals surface area contributed by atoms with Gasteiger partial charge < -0.3 is 21.3 Å². The third kappa shape index (κ3) is 7.23. The van der Waals surface area contributed by atoms with Gasteiger partial charge in [0.05, 0.1) is 12.5 Å².